The van der Waals surface area contributed by atoms with Crippen LogP contribution < -0.4 is 10.6 Å². The van der Waals surface area contributed by atoms with Gasteiger partial charge in [-0.15, -0.1) is 0 Å². The van der Waals surface area contributed by atoms with Gasteiger partial charge in [-0.1, -0.05) is 11.3 Å². The molecule has 1 aromatic rings. The number of fused-ring (bicyclic) bond motifs is 1. The van der Waals surface area contributed by atoms with Crippen molar-refractivity contribution >= 4 is 22.5 Å². The first-order valence-electron chi connectivity index (χ1n) is 5.45. The second-order valence-electron chi connectivity index (χ2n) is 4.06. The summed E-state index contributed by atoms with van der Waals surface area (Å²) in [6.45, 7) is 1.35. The Morgan fingerprint density at radius 1 is 1.50 bits per heavy atom. The van der Waals surface area contributed by atoms with Gasteiger partial charge in [0, 0.05) is 12.5 Å². The van der Waals surface area contributed by atoms with E-state index in [2.05, 4.69) is 15.6 Å². The molecule has 0 aromatic carbocycles. The van der Waals surface area contributed by atoms with Crippen LogP contribution in [-0.2, 0) is 17.8 Å². The average molecular weight is 239 g/mol. The number of urea groups is 1. The first-order valence-corrected chi connectivity index (χ1v) is 6.27. The number of hydrogen-bond acceptors (Lipinski definition) is 4. The maximum atomic E-state index is 11.5. The molecule has 5 nitrogen and oxygen atoms in total. The van der Waals surface area contributed by atoms with Crippen LogP contribution in [-0.4, -0.2) is 23.7 Å². The lowest BCUT2D eigenvalue weighted by molar-refractivity contribution is 0.112. The molecule has 0 spiro atoms. The summed E-state index contributed by atoms with van der Waals surface area (Å²) in [5.74, 6) is 0. The molecule has 2 heterocycles. The van der Waals surface area contributed by atoms with E-state index in [1.54, 1.807) is 0 Å². The van der Waals surface area contributed by atoms with Gasteiger partial charge in [-0.2, -0.15) is 0 Å². The molecule has 1 aromatic heterocycles. The van der Waals surface area contributed by atoms with Crippen LogP contribution in [0.2, 0.25) is 0 Å². The number of ether oxygens (including phenoxy) is 1. The summed E-state index contributed by atoms with van der Waals surface area (Å²) in [6, 6.07) is 0.229. The summed E-state index contributed by atoms with van der Waals surface area (Å²) in [6.07, 6.45) is 3.03. The van der Waals surface area contributed by atoms with Crippen LogP contribution in [0.3, 0.4) is 0 Å². The highest BCUT2D eigenvalue weighted by atomic mass is 32.1. The van der Waals surface area contributed by atoms with Gasteiger partial charge >= 0.3 is 6.03 Å². The molecule has 2 N–H and O–H groups in total. The molecule has 1 aliphatic heterocycles. The maximum absolute atomic E-state index is 11.5. The monoisotopic (exact) mass is 239 g/mol. The van der Waals surface area contributed by atoms with Crippen molar-refractivity contribution in [2.75, 3.05) is 11.9 Å². The Balaban J connectivity index is 1.64. The number of nitrogens with one attached hydrogen (secondary N) is 2. The number of carbonyl (C=O) groups is 1. The zero-order valence-corrected chi connectivity index (χ0v) is 9.60. The standard InChI is InChI=1S/C10H13N3O2S/c14-9(11-6-1-2-6)13-10-12-7-3-4-15-5-8(7)16-10/h6H,1-5H2,(H2,11,12,13,14). The summed E-state index contributed by atoms with van der Waals surface area (Å²) >= 11 is 1.50. The van der Waals surface area contributed by atoms with E-state index >= 15 is 0 Å². The van der Waals surface area contributed by atoms with Gasteiger partial charge in [0.1, 0.15) is 0 Å². The molecule has 2 aliphatic rings. The fourth-order valence-corrected chi connectivity index (χ4v) is 2.57. The van der Waals surface area contributed by atoms with Gasteiger partial charge in [0.2, 0.25) is 0 Å². The van der Waals surface area contributed by atoms with E-state index in [-0.39, 0.29) is 6.03 Å². The van der Waals surface area contributed by atoms with Crippen molar-refractivity contribution in [2.24, 2.45) is 0 Å². The van der Waals surface area contributed by atoms with Crippen molar-refractivity contribution < 1.29 is 9.53 Å². The van der Waals surface area contributed by atoms with Crippen molar-refractivity contribution in [1.82, 2.24) is 10.3 Å². The Kier molecular flexibility index (Phi) is 2.53. The third-order valence-electron chi connectivity index (χ3n) is 2.63. The molecule has 0 atom stereocenters. The molecule has 6 heteroatoms. The van der Waals surface area contributed by atoms with Crippen molar-refractivity contribution in [3.8, 4) is 0 Å². The first-order chi connectivity index (χ1) is 7.81. The molecular weight excluding hydrogens is 226 g/mol. The van der Waals surface area contributed by atoms with Gasteiger partial charge in [-0.25, -0.2) is 9.78 Å². The van der Waals surface area contributed by atoms with Gasteiger partial charge in [-0.05, 0) is 12.8 Å². The van der Waals surface area contributed by atoms with E-state index < -0.39 is 0 Å². The van der Waals surface area contributed by atoms with Crippen LogP contribution in [0.25, 0.3) is 0 Å². The van der Waals surface area contributed by atoms with Crippen LogP contribution in [0.15, 0.2) is 0 Å². The van der Waals surface area contributed by atoms with Crippen molar-refractivity contribution in [2.45, 2.75) is 31.9 Å². The summed E-state index contributed by atoms with van der Waals surface area (Å²) in [7, 11) is 0. The van der Waals surface area contributed by atoms with Crippen LogP contribution in [0, 0.1) is 0 Å². The SMILES string of the molecule is O=C(Nc1nc2c(s1)COCC2)NC1CC1. The fourth-order valence-electron chi connectivity index (χ4n) is 1.62. The number of amides is 2. The van der Waals surface area contributed by atoms with Crippen molar-refractivity contribution in [3.05, 3.63) is 10.6 Å². The Hall–Kier alpha value is -1.14. The highest BCUT2D eigenvalue weighted by Crippen LogP contribution is 2.27. The Morgan fingerprint density at radius 2 is 2.38 bits per heavy atom. The van der Waals surface area contributed by atoms with Crippen LogP contribution in [0.5, 0.6) is 0 Å². The Morgan fingerprint density at radius 3 is 3.12 bits per heavy atom. The Bertz CT molecular complexity index is 391. The first kappa shape index (κ1) is 10.0. The van der Waals surface area contributed by atoms with Gasteiger partial charge in [0.25, 0.3) is 0 Å². The van der Waals surface area contributed by atoms with Crippen LogP contribution in [0.1, 0.15) is 23.4 Å². The number of rotatable bonds is 2. The second-order valence-corrected chi connectivity index (χ2v) is 5.15. The van der Waals surface area contributed by atoms with Crippen LogP contribution >= 0.6 is 11.3 Å². The number of hydrogen-bond donors (Lipinski definition) is 2. The van der Waals surface area contributed by atoms with Crippen molar-refractivity contribution in [1.29, 1.82) is 0 Å². The summed E-state index contributed by atoms with van der Waals surface area (Å²) in [5, 5.41) is 6.32. The smallest absolute Gasteiger partial charge is 0.321 e. The largest absolute Gasteiger partial charge is 0.375 e. The molecular formula is C10H13N3O2S. The van der Waals surface area contributed by atoms with Gasteiger partial charge in [0.05, 0.1) is 23.8 Å². The number of anilines is 1. The normalized spacial score (nSPS) is 19.0. The molecule has 16 heavy (non-hydrogen) atoms. The molecule has 0 radical (unpaired) electrons. The lowest BCUT2D eigenvalue weighted by Gasteiger charge is -2.08. The summed E-state index contributed by atoms with van der Waals surface area (Å²) < 4.78 is 5.33. The molecule has 2 amide bonds. The lowest BCUT2D eigenvalue weighted by atomic mass is 10.2. The second kappa shape index (κ2) is 4.03. The minimum atomic E-state index is -0.144. The molecule has 1 aliphatic carbocycles. The van der Waals surface area contributed by atoms with Gasteiger partial charge in [0.15, 0.2) is 5.13 Å². The predicted octanol–water partition coefficient (Wildman–Crippen LogP) is 1.50. The number of aromatic nitrogens is 1. The highest BCUT2D eigenvalue weighted by molar-refractivity contribution is 7.15. The summed E-state index contributed by atoms with van der Waals surface area (Å²) in [5.41, 5.74) is 1.07. The van der Waals surface area contributed by atoms with Crippen molar-refractivity contribution in [3.63, 3.8) is 0 Å². The predicted molar refractivity (Wildman–Crippen MR) is 60.7 cm³/mol. The highest BCUT2D eigenvalue weighted by Gasteiger charge is 2.24. The molecule has 1 fully saturated rings. The van der Waals surface area contributed by atoms with E-state index in [0.717, 1.165) is 36.4 Å². The maximum Gasteiger partial charge on any atom is 0.321 e. The molecule has 1 saturated carbocycles. The fraction of sp³-hybridized carbons (Fsp3) is 0.600. The van der Waals surface area contributed by atoms with Crippen LogP contribution in [0.4, 0.5) is 9.93 Å². The van der Waals surface area contributed by atoms with E-state index in [1.165, 1.54) is 11.3 Å². The molecule has 0 saturated heterocycles. The van der Waals surface area contributed by atoms with Gasteiger partial charge < -0.3 is 10.1 Å². The number of nitrogens with zero attached hydrogens (tertiary/aromatic N) is 1. The molecule has 86 valence electrons. The topological polar surface area (TPSA) is 63.2 Å². The third-order valence-corrected chi connectivity index (χ3v) is 3.61. The Labute approximate surface area is 97.2 Å². The van der Waals surface area contributed by atoms with E-state index in [9.17, 15) is 4.79 Å². The molecule has 0 bridgehead atoms. The number of thiazole rings is 1. The average Bonchev–Trinajstić information content (AvgIpc) is 2.97. The quantitative estimate of drug-likeness (QED) is 0.822. The third kappa shape index (κ3) is 2.17. The van der Waals surface area contributed by atoms with E-state index in [4.69, 9.17) is 4.74 Å². The molecule has 3 rings (SSSR count). The van der Waals surface area contributed by atoms with E-state index in [0.29, 0.717) is 17.8 Å². The van der Waals surface area contributed by atoms with Gasteiger partial charge in [-0.3, -0.25) is 5.32 Å². The molecule has 0 unspecified atom stereocenters. The zero-order valence-electron chi connectivity index (χ0n) is 8.78. The lowest BCUT2D eigenvalue weighted by Crippen LogP contribution is -2.30. The number of carbonyl (C=O) groups excluding carboxylic acids is 1. The minimum Gasteiger partial charge on any atom is -0.375 e. The van der Waals surface area contributed by atoms with E-state index in [1.807, 2.05) is 0 Å². The minimum absolute atomic E-state index is 0.144. The summed E-state index contributed by atoms with van der Waals surface area (Å²) in [4.78, 5) is 17.0. The zero-order chi connectivity index (χ0) is 11.0.